The first-order valence-electron chi connectivity index (χ1n) is 7.49. The molecular weight excluding hydrogens is 343 g/mol. The van der Waals surface area contributed by atoms with Gasteiger partial charge in [0.15, 0.2) is 5.82 Å². The van der Waals surface area contributed by atoms with Crippen molar-refractivity contribution in [2.75, 3.05) is 10.6 Å². The highest BCUT2D eigenvalue weighted by Crippen LogP contribution is 2.19. The van der Waals surface area contributed by atoms with E-state index in [-0.39, 0.29) is 18.1 Å². The van der Waals surface area contributed by atoms with Crippen molar-refractivity contribution >= 4 is 34.7 Å². The van der Waals surface area contributed by atoms with Gasteiger partial charge in [-0.25, -0.2) is 4.39 Å². The van der Waals surface area contributed by atoms with Crippen molar-refractivity contribution < 1.29 is 9.18 Å². The number of nitrogens with zero attached hydrogens (tertiary/aromatic N) is 2. The van der Waals surface area contributed by atoms with Crippen molar-refractivity contribution in [2.24, 2.45) is 0 Å². The molecule has 0 spiro atoms. The number of anilines is 3. The maximum Gasteiger partial charge on any atom is 0.228 e. The van der Waals surface area contributed by atoms with Crippen LogP contribution in [0.25, 0.3) is 0 Å². The van der Waals surface area contributed by atoms with E-state index in [0.717, 1.165) is 5.56 Å². The van der Waals surface area contributed by atoms with Gasteiger partial charge >= 0.3 is 0 Å². The zero-order chi connectivity index (χ0) is 17.6. The first kappa shape index (κ1) is 16.9. The second-order valence-electron chi connectivity index (χ2n) is 5.28. The molecule has 0 saturated carbocycles. The predicted octanol–water partition coefficient (Wildman–Crippen LogP) is 4.19. The third kappa shape index (κ3) is 4.74. The number of carbonyl (C=O) groups excluding carboxylic acids is 1. The van der Waals surface area contributed by atoms with Crippen LogP contribution < -0.4 is 10.6 Å². The minimum Gasteiger partial charge on any atom is -0.339 e. The largest absolute Gasteiger partial charge is 0.339 e. The third-order valence-electron chi connectivity index (χ3n) is 3.36. The number of carbonyl (C=O) groups is 1. The SMILES string of the molecule is O=C(Cc1ccccc1Cl)Nc1cnnc(Nc2ccc(F)cc2)c1. The number of halogens is 2. The summed E-state index contributed by atoms with van der Waals surface area (Å²) >= 11 is 6.06. The van der Waals surface area contributed by atoms with E-state index >= 15 is 0 Å². The highest BCUT2D eigenvalue weighted by molar-refractivity contribution is 6.31. The Labute approximate surface area is 148 Å². The van der Waals surface area contributed by atoms with Gasteiger partial charge in [-0.1, -0.05) is 29.8 Å². The molecule has 0 bridgehead atoms. The van der Waals surface area contributed by atoms with Gasteiger partial charge in [-0.15, -0.1) is 5.10 Å². The smallest absolute Gasteiger partial charge is 0.228 e. The topological polar surface area (TPSA) is 66.9 Å². The monoisotopic (exact) mass is 356 g/mol. The van der Waals surface area contributed by atoms with Gasteiger partial charge in [0.2, 0.25) is 5.91 Å². The van der Waals surface area contributed by atoms with Crippen molar-refractivity contribution in [3.8, 4) is 0 Å². The molecule has 1 heterocycles. The third-order valence-corrected chi connectivity index (χ3v) is 3.73. The summed E-state index contributed by atoms with van der Waals surface area (Å²) < 4.78 is 12.9. The van der Waals surface area contributed by atoms with Gasteiger partial charge in [-0.3, -0.25) is 4.79 Å². The summed E-state index contributed by atoms with van der Waals surface area (Å²) in [4.78, 5) is 12.2. The van der Waals surface area contributed by atoms with Crippen molar-refractivity contribution in [1.29, 1.82) is 0 Å². The molecule has 0 aliphatic rings. The lowest BCUT2D eigenvalue weighted by atomic mass is 10.1. The molecule has 3 rings (SSSR count). The van der Waals surface area contributed by atoms with E-state index in [0.29, 0.717) is 22.2 Å². The van der Waals surface area contributed by atoms with Crippen LogP contribution in [-0.4, -0.2) is 16.1 Å². The van der Waals surface area contributed by atoms with Gasteiger partial charge in [-0.2, -0.15) is 5.10 Å². The molecule has 1 amide bonds. The van der Waals surface area contributed by atoms with Gasteiger partial charge in [0.1, 0.15) is 5.82 Å². The molecule has 0 aliphatic carbocycles. The maximum absolute atomic E-state index is 12.9. The van der Waals surface area contributed by atoms with Crippen LogP contribution in [0.1, 0.15) is 5.56 Å². The van der Waals surface area contributed by atoms with Gasteiger partial charge in [0.05, 0.1) is 18.3 Å². The quantitative estimate of drug-likeness (QED) is 0.719. The molecular formula is C18H14ClFN4O. The molecule has 7 heteroatoms. The van der Waals surface area contributed by atoms with E-state index in [2.05, 4.69) is 20.8 Å². The Balaban J connectivity index is 1.66. The van der Waals surface area contributed by atoms with Crippen molar-refractivity contribution in [3.05, 3.63) is 77.2 Å². The van der Waals surface area contributed by atoms with Crippen molar-refractivity contribution in [1.82, 2.24) is 10.2 Å². The molecule has 0 unspecified atom stereocenters. The fraction of sp³-hybridized carbons (Fsp3) is 0.0556. The summed E-state index contributed by atoms with van der Waals surface area (Å²) in [5.41, 5.74) is 1.90. The van der Waals surface area contributed by atoms with Crippen molar-refractivity contribution in [3.63, 3.8) is 0 Å². The first-order valence-corrected chi connectivity index (χ1v) is 7.86. The lowest BCUT2D eigenvalue weighted by Crippen LogP contribution is -2.15. The lowest BCUT2D eigenvalue weighted by molar-refractivity contribution is -0.115. The molecule has 0 fully saturated rings. The van der Waals surface area contributed by atoms with Gasteiger partial charge < -0.3 is 10.6 Å². The molecule has 2 N–H and O–H groups in total. The van der Waals surface area contributed by atoms with Crippen LogP contribution in [0, 0.1) is 5.82 Å². The Morgan fingerprint density at radius 2 is 1.84 bits per heavy atom. The molecule has 0 aliphatic heterocycles. The second-order valence-corrected chi connectivity index (χ2v) is 5.68. The Hall–Kier alpha value is -2.99. The normalized spacial score (nSPS) is 10.3. The van der Waals surface area contributed by atoms with Crippen LogP contribution in [-0.2, 0) is 11.2 Å². The van der Waals surface area contributed by atoms with Gasteiger partial charge in [0.25, 0.3) is 0 Å². The van der Waals surface area contributed by atoms with E-state index in [9.17, 15) is 9.18 Å². The summed E-state index contributed by atoms with van der Waals surface area (Å²) in [6, 6.07) is 14.7. The van der Waals surface area contributed by atoms with Gasteiger partial charge in [0, 0.05) is 16.8 Å². The molecule has 0 atom stereocenters. The Morgan fingerprint density at radius 3 is 2.60 bits per heavy atom. The predicted molar refractivity (Wildman–Crippen MR) is 95.5 cm³/mol. The number of aromatic nitrogens is 2. The summed E-state index contributed by atoms with van der Waals surface area (Å²) in [5.74, 6) is -0.104. The number of hydrogen-bond donors (Lipinski definition) is 2. The van der Waals surface area contributed by atoms with E-state index in [1.165, 1.54) is 18.3 Å². The molecule has 25 heavy (non-hydrogen) atoms. The zero-order valence-electron chi connectivity index (χ0n) is 13.0. The van der Waals surface area contributed by atoms with Crippen LogP contribution >= 0.6 is 11.6 Å². The number of benzene rings is 2. The Kier molecular flexibility index (Phi) is 5.20. The van der Waals surface area contributed by atoms with Crippen LogP contribution in [0.15, 0.2) is 60.8 Å². The second kappa shape index (κ2) is 7.72. The van der Waals surface area contributed by atoms with E-state index in [1.54, 1.807) is 30.3 Å². The average molecular weight is 357 g/mol. The summed E-state index contributed by atoms with van der Waals surface area (Å²) in [5, 5.41) is 14.1. The fourth-order valence-electron chi connectivity index (χ4n) is 2.20. The minimum absolute atomic E-state index is 0.155. The van der Waals surface area contributed by atoms with Crippen LogP contribution in [0.4, 0.5) is 21.6 Å². The first-order chi connectivity index (χ1) is 12.1. The van der Waals surface area contributed by atoms with Crippen LogP contribution in [0.3, 0.4) is 0 Å². The van der Waals surface area contributed by atoms with E-state index < -0.39 is 0 Å². The number of nitrogens with one attached hydrogen (secondary N) is 2. The minimum atomic E-state index is -0.322. The Morgan fingerprint density at radius 1 is 1.08 bits per heavy atom. The number of amides is 1. The molecule has 126 valence electrons. The standard InChI is InChI=1S/C18H14ClFN4O/c19-16-4-2-1-3-12(16)9-18(25)23-15-10-17(24-21-11-15)22-14-7-5-13(20)6-8-14/h1-8,10-11H,9H2,(H2,22,23,24,25). The van der Waals surface area contributed by atoms with E-state index in [4.69, 9.17) is 11.6 Å². The summed E-state index contributed by atoms with van der Waals surface area (Å²) in [6.07, 6.45) is 1.60. The van der Waals surface area contributed by atoms with E-state index in [1.807, 2.05) is 12.1 Å². The van der Waals surface area contributed by atoms with Crippen molar-refractivity contribution in [2.45, 2.75) is 6.42 Å². The molecule has 1 aromatic heterocycles. The zero-order valence-corrected chi connectivity index (χ0v) is 13.8. The average Bonchev–Trinajstić information content (AvgIpc) is 2.59. The molecule has 5 nitrogen and oxygen atoms in total. The van der Waals surface area contributed by atoms with Crippen LogP contribution in [0.5, 0.6) is 0 Å². The maximum atomic E-state index is 12.9. The highest BCUT2D eigenvalue weighted by Gasteiger charge is 2.08. The molecule has 0 radical (unpaired) electrons. The highest BCUT2D eigenvalue weighted by atomic mass is 35.5. The molecule has 3 aromatic rings. The molecule has 2 aromatic carbocycles. The number of rotatable bonds is 5. The fourth-order valence-corrected chi connectivity index (χ4v) is 2.40. The number of hydrogen-bond acceptors (Lipinski definition) is 4. The van der Waals surface area contributed by atoms with Gasteiger partial charge in [-0.05, 0) is 35.9 Å². The Bertz CT molecular complexity index is 886. The molecule has 0 saturated heterocycles. The summed E-state index contributed by atoms with van der Waals surface area (Å²) in [7, 11) is 0. The summed E-state index contributed by atoms with van der Waals surface area (Å²) in [6.45, 7) is 0. The van der Waals surface area contributed by atoms with Crippen LogP contribution in [0.2, 0.25) is 5.02 Å². The lowest BCUT2D eigenvalue weighted by Gasteiger charge is -2.08.